The fourth-order valence-corrected chi connectivity index (χ4v) is 2.70. The van der Waals surface area contributed by atoms with Crippen LogP contribution in [-0.2, 0) is 0 Å². The summed E-state index contributed by atoms with van der Waals surface area (Å²) in [7, 11) is 0. The van der Waals surface area contributed by atoms with E-state index in [1.54, 1.807) is 0 Å². The highest BCUT2D eigenvalue weighted by molar-refractivity contribution is 6.65. The van der Waals surface area contributed by atoms with Crippen molar-refractivity contribution in [2.75, 3.05) is 0 Å². The molecule has 0 saturated heterocycles. The summed E-state index contributed by atoms with van der Waals surface area (Å²) in [6, 6.07) is 0. The van der Waals surface area contributed by atoms with Gasteiger partial charge in [0, 0.05) is 5.92 Å². The number of halogens is 1. The average Bonchev–Trinajstić information content (AvgIpc) is 2.29. The molecule has 1 aliphatic rings. The zero-order chi connectivity index (χ0) is 11.6. The first-order valence-electron chi connectivity index (χ1n) is 6.72. The molecule has 0 unspecified atom stereocenters. The molecule has 1 aliphatic carbocycles. The molecule has 1 fully saturated rings. The lowest BCUT2D eigenvalue weighted by atomic mass is 9.93. The lowest BCUT2D eigenvalue weighted by Crippen LogP contribution is -2.09. The van der Waals surface area contributed by atoms with Gasteiger partial charge in [-0.15, -0.1) is 0 Å². The number of nitrogens with zero attached hydrogens (tertiary/aromatic N) is 1. The minimum atomic E-state index is 0.297. The predicted octanol–water partition coefficient (Wildman–Crippen LogP) is 4.93. The van der Waals surface area contributed by atoms with E-state index >= 15 is 0 Å². The highest BCUT2D eigenvalue weighted by atomic mass is 35.5. The number of hydrogen-bond acceptors (Lipinski definition) is 2. The van der Waals surface area contributed by atoms with Gasteiger partial charge in [-0.1, -0.05) is 74.5 Å². The third kappa shape index (κ3) is 5.74. The fraction of sp³-hybridized carbons (Fsp3) is 0.923. The molecule has 0 heterocycles. The summed E-state index contributed by atoms with van der Waals surface area (Å²) < 4.78 is 0. The Hall–Kier alpha value is -0.240. The van der Waals surface area contributed by atoms with Crippen LogP contribution in [0.5, 0.6) is 0 Å². The maximum atomic E-state index is 8.73. The molecule has 0 spiro atoms. The average molecular weight is 246 g/mol. The molecular weight excluding hydrogens is 222 g/mol. The largest absolute Gasteiger partial charge is 0.410 e. The van der Waals surface area contributed by atoms with E-state index in [0.717, 1.165) is 12.8 Å². The van der Waals surface area contributed by atoms with Crippen molar-refractivity contribution in [3.05, 3.63) is 0 Å². The van der Waals surface area contributed by atoms with Crippen molar-refractivity contribution in [3.8, 4) is 0 Å². The summed E-state index contributed by atoms with van der Waals surface area (Å²) in [5.41, 5.74) is 0. The monoisotopic (exact) mass is 245 g/mol. The van der Waals surface area contributed by atoms with Gasteiger partial charge in [0.2, 0.25) is 0 Å². The molecule has 0 radical (unpaired) electrons. The van der Waals surface area contributed by atoms with Gasteiger partial charge in [0.25, 0.3) is 0 Å². The van der Waals surface area contributed by atoms with Crippen molar-refractivity contribution in [2.24, 2.45) is 11.1 Å². The Bertz CT molecular complexity index is 194. The maximum absolute atomic E-state index is 8.73. The van der Waals surface area contributed by atoms with Gasteiger partial charge in [-0.05, 0) is 12.8 Å². The summed E-state index contributed by atoms with van der Waals surface area (Å²) in [5, 5.41) is 12.3. The van der Waals surface area contributed by atoms with Gasteiger partial charge in [-0.25, -0.2) is 0 Å². The number of rotatable bonds is 1. The van der Waals surface area contributed by atoms with Crippen LogP contribution in [0.25, 0.3) is 0 Å². The summed E-state index contributed by atoms with van der Waals surface area (Å²) in [5.74, 6) is 0.297. The van der Waals surface area contributed by atoms with E-state index in [2.05, 4.69) is 5.16 Å². The second-order valence-electron chi connectivity index (χ2n) is 4.88. The quantitative estimate of drug-likeness (QED) is 0.396. The Morgan fingerprint density at radius 2 is 1.19 bits per heavy atom. The predicted molar refractivity (Wildman–Crippen MR) is 69.4 cm³/mol. The summed E-state index contributed by atoms with van der Waals surface area (Å²) >= 11 is 5.94. The minimum absolute atomic E-state index is 0.297. The van der Waals surface area contributed by atoms with E-state index in [4.69, 9.17) is 16.8 Å². The Labute approximate surface area is 104 Å². The van der Waals surface area contributed by atoms with E-state index in [-0.39, 0.29) is 0 Å². The first kappa shape index (κ1) is 13.8. The van der Waals surface area contributed by atoms with Crippen LogP contribution in [0.2, 0.25) is 0 Å². The molecule has 1 rings (SSSR count). The third-order valence-corrected chi connectivity index (χ3v) is 3.92. The Kier molecular flexibility index (Phi) is 7.65. The zero-order valence-electron chi connectivity index (χ0n) is 10.1. The van der Waals surface area contributed by atoms with Gasteiger partial charge in [-0.3, -0.25) is 0 Å². The van der Waals surface area contributed by atoms with Crippen molar-refractivity contribution >= 4 is 16.8 Å². The van der Waals surface area contributed by atoms with Gasteiger partial charge < -0.3 is 5.21 Å². The molecule has 0 aliphatic heterocycles. The van der Waals surface area contributed by atoms with Crippen LogP contribution in [-0.4, -0.2) is 10.4 Å². The van der Waals surface area contributed by atoms with Crippen LogP contribution in [0.4, 0.5) is 0 Å². The van der Waals surface area contributed by atoms with Crippen LogP contribution in [0.15, 0.2) is 5.16 Å². The lowest BCUT2D eigenvalue weighted by molar-refractivity contribution is 0.314. The van der Waals surface area contributed by atoms with E-state index in [1.165, 1.54) is 57.8 Å². The molecule has 3 heteroatoms. The van der Waals surface area contributed by atoms with Gasteiger partial charge in [-0.2, -0.15) is 0 Å². The van der Waals surface area contributed by atoms with Gasteiger partial charge >= 0.3 is 0 Å². The van der Waals surface area contributed by atoms with Crippen LogP contribution in [0.3, 0.4) is 0 Å². The SMILES string of the molecule is ON=C(Cl)C1CCCCCCCCCCC1. The highest BCUT2D eigenvalue weighted by Gasteiger charge is 2.14. The van der Waals surface area contributed by atoms with Crippen molar-refractivity contribution < 1.29 is 5.21 Å². The van der Waals surface area contributed by atoms with Crippen molar-refractivity contribution in [2.45, 2.75) is 70.6 Å². The van der Waals surface area contributed by atoms with E-state index in [0.29, 0.717) is 11.1 Å². The fourth-order valence-electron chi connectivity index (χ4n) is 2.48. The molecule has 0 amide bonds. The molecule has 94 valence electrons. The minimum Gasteiger partial charge on any atom is -0.410 e. The summed E-state index contributed by atoms with van der Waals surface area (Å²) in [6.45, 7) is 0. The van der Waals surface area contributed by atoms with Crippen molar-refractivity contribution in [3.63, 3.8) is 0 Å². The van der Waals surface area contributed by atoms with Gasteiger partial charge in [0.1, 0.15) is 5.17 Å². The third-order valence-electron chi connectivity index (χ3n) is 3.54. The lowest BCUT2D eigenvalue weighted by Gasteiger charge is -2.15. The van der Waals surface area contributed by atoms with Crippen LogP contribution >= 0.6 is 11.6 Å². The number of hydrogen-bond donors (Lipinski definition) is 1. The Morgan fingerprint density at radius 3 is 1.56 bits per heavy atom. The molecule has 0 aromatic carbocycles. The number of oxime groups is 1. The second-order valence-corrected chi connectivity index (χ2v) is 5.27. The Morgan fingerprint density at radius 1 is 0.812 bits per heavy atom. The van der Waals surface area contributed by atoms with E-state index in [9.17, 15) is 0 Å². The topological polar surface area (TPSA) is 32.6 Å². The first-order valence-corrected chi connectivity index (χ1v) is 7.10. The standard InChI is InChI=1S/C13H24ClNO/c14-13(15-16)12-10-8-6-4-2-1-3-5-7-9-11-12/h12,16H,1-11H2. The highest BCUT2D eigenvalue weighted by Crippen LogP contribution is 2.23. The molecule has 1 N–H and O–H groups in total. The summed E-state index contributed by atoms with van der Waals surface area (Å²) in [6.07, 6.45) is 14.1. The van der Waals surface area contributed by atoms with Gasteiger partial charge in [0.05, 0.1) is 0 Å². The molecule has 0 atom stereocenters. The van der Waals surface area contributed by atoms with Crippen LogP contribution in [0, 0.1) is 5.92 Å². The molecule has 0 bridgehead atoms. The smallest absolute Gasteiger partial charge is 0.148 e. The van der Waals surface area contributed by atoms with E-state index in [1.807, 2.05) is 0 Å². The van der Waals surface area contributed by atoms with Crippen molar-refractivity contribution in [1.82, 2.24) is 0 Å². The zero-order valence-corrected chi connectivity index (χ0v) is 10.9. The second kappa shape index (κ2) is 8.86. The molecule has 0 aromatic rings. The normalized spacial score (nSPS) is 23.4. The first-order chi connectivity index (χ1) is 7.84. The van der Waals surface area contributed by atoms with Crippen LogP contribution < -0.4 is 0 Å². The van der Waals surface area contributed by atoms with Crippen LogP contribution in [0.1, 0.15) is 70.6 Å². The molecule has 16 heavy (non-hydrogen) atoms. The van der Waals surface area contributed by atoms with Gasteiger partial charge in [0.15, 0.2) is 0 Å². The maximum Gasteiger partial charge on any atom is 0.148 e. The molecule has 1 saturated carbocycles. The van der Waals surface area contributed by atoms with E-state index < -0.39 is 0 Å². The van der Waals surface area contributed by atoms with Crippen molar-refractivity contribution in [1.29, 1.82) is 0 Å². The molecular formula is C13H24ClNO. The molecule has 2 nitrogen and oxygen atoms in total. The Balaban J connectivity index is 2.36. The summed E-state index contributed by atoms with van der Waals surface area (Å²) in [4.78, 5) is 0. The molecule has 0 aromatic heterocycles.